The van der Waals surface area contributed by atoms with Crippen molar-refractivity contribution in [2.24, 2.45) is 0 Å². The molecule has 0 N–H and O–H groups in total. The second-order valence-electron chi connectivity index (χ2n) is 0.567. The van der Waals surface area contributed by atoms with E-state index < -0.39 is 63.2 Å². The summed E-state index contributed by atoms with van der Waals surface area (Å²) >= 11 is -12.0. The fourth-order valence-corrected chi connectivity index (χ4v) is 0. The summed E-state index contributed by atoms with van der Waals surface area (Å²) < 4.78 is 77.2. The van der Waals surface area contributed by atoms with Crippen LogP contribution in [0.4, 0.5) is 0 Å². The Labute approximate surface area is 118 Å². The molecule has 0 rings (SSSR count). The molecule has 0 heterocycles. The minimum absolute atomic E-state index is 0. The van der Waals surface area contributed by atoms with Gasteiger partial charge in [0.2, 0.25) is 0 Å². The van der Waals surface area contributed by atoms with Crippen LogP contribution >= 0.6 is 0 Å². The molecule has 0 aliphatic heterocycles. The van der Waals surface area contributed by atoms with Gasteiger partial charge in [0.25, 0.3) is 63.2 Å². The minimum atomic E-state index is -4.01. The summed E-state index contributed by atoms with van der Waals surface area (Å²) in [6.07, 6.45) is 0. The standard InChI is InChI=1S/3IO3.In/c3*2-1(3)4;/q3*-1;+3. The summed E-state index contributed by atoms with van der Waals surface area (Å²) in [4.78, 5) is 0. The van der Waals surface area contributed by atoms with E-state index in [2.05, 4.69) is 0 Å². The van der Waals surface area contributed by atoms with Crippen molar-refractivity contribution in [3.63, 3.8) is 0 Å². The summed E-state index contributed by atoms with van der Waals surface area (Å²) in [5, 5.41) is 0. The summed E-state index contributed by atoms with van der Waals surface area (Å²) in [6, 6.07) is 0. The summed E-state index contributed by atoms with van der Waals surface area (Å²) in [5.74, 6) is 0. The van der Waals surface area contributed by atoms with Gasteiger partial charge in [-0.15, -0.1) is 0 Å². The number of hydrogen-bond donors (Lipinski definition) is 0. The molecule has 0 aromatic carbocycles. The molecule has 13 heavy (non-hydrogen) atoms. The second kappa shape index (κ2) is 20.2. The van der Waals surface area contributed by atoms with Crippen molar-refractivity contribution in [2.45, 2.75) is 0 Å². The fraction of sp³-hybridized carbons (Fsp3) is 0. The molecule has 0 amide bonds. The van der Waals surface area contributed by atoms with Crippen LogP contribution in [0.25, 0.3) is 0 Å². The molecular weight excluding hydrogens is 640 g/mol. The van der Waals surface area contributed by atoms with E-state index in [1.165, 1.54) is 0 Å². The Morgan fingerprint density at radius 1 is 0.385 bits per heavy atom. The molecule has 0 saturated heterocycles. The SMILES string of the molecule is [In+3].[O-][I+2]([O-])[O-].[O-][I+2]([O-])[O-].[O-][I+2]([O-])[O-]. The predicted molar refractivity (Wildman–Crippen MR) is 5.75 cm³/mol. The van der Waals surface area contributed by atoms with Crippen molar-refractivity contribution < 1.29 is 94.1 Å². The monoisotopic (exact) mass is 640 g/mol. The molecule has 0 aliphatic carbocycles. The van der Waals surface area contributed by atoms with Crippen molar-refractivity contribution in [3.8, 4) is 0 Å². The van der Waals surface area contributed by atoms with E-state index in [1.807, 2.05) is 0 Å². The van der Waals surface area contributed by atoms with Gasteiger partial charge in [-0.2, -0.15) is 0 Å². The van der Waals surface area contributed by atoms with Crippen LogP contribution in [0.3, 0.4) is 0 Å². The van der Waals surface area contributed by atoms with Crippen LogP contribution < -0.4 is 94.1 Å². The van der Waals surface area contributed by atoms with E-state index in [1.54, 1.807) is 0 Å². The van der Waals surface area contributed by atoms with Crippen molar-refractivity contribution >= 4 is 25.8 Å². The Balaban J connectivity index is -0.0000000450. The van der Waals surface area contributed by atoms with Crippen molar-refractivity contribution in [1.82, 2.24) is 0 Å². The van der Waals surface area contributed by atoms with Gasteiger partial charge in [-0.25, -0.2) is 0 Å². The van der Waals surface area contributed by atoms with Gasteiger partial charge in [-0.1, -0.05) is 0 Å². The quantitative estimate of drug-likeness (QED) is 0.230. The molecule has 0 bridgehead atoms. The van der Waals surface area contributed by atoms with Crippen LogP contribution in [0.1, 0.15) is 0 Å². The molecule has 13 heteroatoms. The third-order valence-electron chi connectivity index (χ3n) is 0. The first kappa shape index (κ1) is 24.8. The molecule has 0 fully saturated rings. The zero-order valence-electron chi connectivity index (χ0n) is 5.39. The van der Waals surface area contributed by atoms with Gasteiger partial charge in [-0.3, -0.25) is 0 Å². The molecular formula is I3InO9. The van der Waals surface area contributed by atoms with Crippen LogP contribution in [0.5, 0.6) is 0 Å². The van der Waals surface area contributed by atoms with Crippen LogP contribution in [0.2, 0.25) is 0 Å². The van der Waals surface area contributed by atoms with E-state index in [4.69, 9.17) is 30.9 Å². The molecule has 0 aromatic heterocycles. The topological polar surface area (TPSA) is 208 Å². The van der Waals surface area contributed by atoms with Gasteiger partial charge in [0.1, 0.15) is 0 Å². The maximum Gasteiger partial charge on any atom is 3.00 e. The van der Waals surface area contributed by atoms with Crippen LogP contribution in [0, 0.1) is 0 Å². The minimum Gasteiger partial charge on any atom is -0.427 e. The molecule has 0 unspecified atom stereocenters. The Kier molecular flexibility index (Phi) is 38.4. The van der Waals surface area contributed by atoms with Gasteiger partial charge in [0.05, 0.1) is 0 Å². The number of rotatable bonds is 0. The molecule has 0 atom stereocenters. The number of hydrogen-bond acceptors (Lipinski definition) is 9. The fourth-order valence-electron chi connectivity index (χ4n) is 0. The third-order valence-corrected chi connectivity index (χ3v) is 0. The zero-order valence-corrected chi connectivity index (χ0v) is 15.2. The molecule has 0 aromatic rings. The smallest absolute Gasteiger partial charge is 0.427 e. The van der Waals surface area contributed by atoms with Crippen molar-refractivity contribution in [3.05, 3.63) is 0 Å². The average Bonchev–Trinajstić information content (AvgIpc) is 1.54. The Morgan fingerprint density at radius 3 is 0.385 bits per heavy atom. The third kappa shape index (κ3) is 325. The summed E-state index contributed by atoms with van der Waals surface area (Å²) in [6.45, 7) is 0. The van der Waals surface area contributed by atoms with Gasteiger partial charge in [0.15, 0.2) is 0 Å². The van der Waals surface area contributed by atoms with Gasteiger partial charge >= 0.3 is 25.8 Å². The summed E-state index contributed by atoms with van der Waals surface area (Å²) in [5.41, 5.74) is 0. The molecule has 0 aliphatic rings. The van der Waals surface area contributed by atoms with Crippen molar-refractivity contribution in [2.75, 3.05) is 0 Å². The maximum atomic E-state index is 8.57. The average molecular weight is 640 g/mol. The first-order valence-corrected chi connectivity index (χ1v) is 9.32. The molecule has 0 radical (unpaired) electrons. The summed E-state index contributed by atoms with van der Waals surface area (Å²) in [7, 11) is 0. The molecule has 9 nitrogen and oxygen atoms in total. The van der Waals surface area contributed by atoms with E-state index in [0.717, 1.165) is 0 Å². The normalized spacial score (nSPS) is 8.31. The Morgan fingerprint density at radius 2 is 0.385 bits per heavy atom. The van der Waals surface area contributed by atoms with Crippen LogP contribution in [-0.2, 0) is 0 Å². The zero-order chi connectivity index (χ0) is 10.7. The van der Waals surface area contributed by atoms with E-state index in [9.17, 15) is 0 Å². The van der Waals surface area contributed by atoms with Gasteiger partial charge in [0, 0.05) is 0 Å². The molecule has 78 valence electrons. The van der Waals surface area contributed by atoms with Crippen LogP contribution in [-0.4, -0.2) is 25.8 Å². The Bertz CT molecular complexity index is 43.4. The molecule has 0 spiro atoms. The molecule has 0 saturated carbocycles. The van der Waals surface area contributed by atoms with E-state index in [0.29, 0.717) is 0 Å². The predicted octanol–water partition coefficient (Wildman–Crippen LogP) is -20.1. The first-order valence-electron chi connectivity index (χ1n) is 1.39. The largest absolute Gasteiger partial charge is 3.00 e. The second-order valence-corrected chi connectivity index (χ2v) is 3.80. The number of halogens is 3. The van der Waals surface area contributed by atoms with Gasteiger partial charge in [-0.05, 0) is 0 Å². The maximum absolute atomic E-state index is 8.57. The van der Waals surface area contributed by atoms with Crippen LogP contribution in [0.15, 0.2) is 0 Å². The Hall–Kier alpha value is 2.70. The van der Waals surface area contributed by atoms with Crippen molar-refractivity contribution in [1.29, 1.82) is 0 Å². The van der Waals surface area contributed by atoms with E-state index in [-0.39, 0.29) is 25.8 Å². The van der Waals surface area contributed by atoms with E-state index >= 15 is 0 Å². The first-order chi connectivity index (χ1) is 5.20. The van der Waals surface area contributed by atoms with Gasteiger partial charge < -0.3 is 30.9 Å².